The van der Waals surface area contributed by atoms with Crippen molar-refractivity contribution >= 4 is 22.4 Å². The fourth-order valence-electron chi connectivity index (χ4n) is 2.58. The SMILES string of the molecule is Cc1cc(CN=C(N)N2CCN(c3nccs3)CC2)ccc1F. The molecule has 1 fully saturated rings. The molecule has 2 heterocycles. The number of hydrogen-bond donors (Lipinski definition) is 1. The predicted molar refractivity (Wildman–Crippen MR) is 92.4 cm³/mol. The highest BCUT2D eigenvalue weighted by Crippen LogP contribution is 2.18. The van der Waals surface area contributed by atoms with Crippen LogP contribution in [-0.2, 0) is 6.54 Å². The Morgan fingerprint density at radius 1 is 1.35 bits per heavy atom. The molecule has 0 amide bonds. The number of piperazine rings is 1. The number of halogens is 1. The second-order valence-corrected chi connectivity index (χ2v) is 6.42. The maximum atomic E-state index is 13.3. The van der Waals surface area contributed by atoms with Gasteiger partial charge in [0.25, 0.3) is 0 Å². The highest BCUT2D eigenvalue weighted by Gasteiger charge is 2.19. The van der Waals surface area contributed by atoms with Crippen molar-refractivity contribution in [2.75, 3.05) is 31.1 Å². The maximum absolute atomic E-state index is 13.3. The number of aliphatic imine (C=N–C) groups is 1. The first-order valence-corrected chi connectivity index (χ1v) is 8.46. The van der Waals surface area contributed by atoms with E-state index in [1.807, 2.05) is 17.6 Å². The number of aryl methyl sites for hydroxylation is 1. The van der Waals surface area contributed by atoms with E-state index in [1.54, 1.807) is 24.3 Å². The van der Waals surface area contributed by atoms with Crippen molar-refractivity contribution in [2.24, 2.45) is 10.7 Å². The van der Waals surface area contributed by atoms with E-state index in [1.165, 1.54) is 6.07 Å². The van der Waals surface area contributed by atoms with Crippen LogP contribution < -0.4 is 10.6 Å². The van der Waals surface area contributed by atoms with Gasteiger partial charge in [-0.1, -0.05) is 12.1 Å². The molecule has 2 aromatic rings. The average Bonchev–Trinajstić information content (AvgIpc) is 3.10. The predicted octanol–water partition coefficient (Wildman–Crippen LogP) is 2.23. The molecule has 1 saturated heterocycles. The van der Waals surface area contributed by atoms with Gasteiger partial charge < -0.3 is 15.5 Å². The molecule has 1 aliphatic heterocycles. The third-order valence-corrected chi connectivity index (χ3v) is 4.77. The van der Waals surface area contributed by atoms with Gasteiger partial charge in [-0.2, -0.15) is 0 Å². The van der Waals surface area contributed by atoms with Crippen molar-refractivity contribution < 1.29 is 4.39 Å². The fourth-order valence-corrected chi connectivity index (χ4v) is 3.27. The molecular formula is C16H20FN5S. The summed E-state index contributed by atoms with van der Waals surface area (Å²) in [5, 5.41) is 3.05. The molecule has 0 unspecified atom stereocenters. The summed E-state index contributed by atoms with van der Waals surface area (Å²) in [6.07, 6.45) is 1.83. The van der Waals surface area contributed by atoms with Crippen molar-refractivity contribution in [1.82, 2.24) is 9.88 Å². The Bertz CT molecular complexity index is 678. The molecule has 23 heavy (non-hydrogen) atoms. The van der Waals surface area contributed by atoms with Gasteiger partial charge in [-0.25, -0.2) is 14.4 Å². The lowest BCUT2D eigenvalue weighted by molar-refractivity contribution is 0.380. The van der Waals surface area contributed by atoms with Gasteiger partial charge in [0.1, 0.15) is 5.82 Å². The van der Waals surface area contributed by atoms with E-state index in [4.69, 9.17) is 5.73 Å². The van der Waals surface area contributed by atoms with Crippen LogP contribution in [0, 0.1) is 12.7 Å². The second-order valence-electron chi connectivity index (χ2n) is 5.55. The lowest BCUT2D eigenvalue weighted by atomic mass is 10.1. The van der Waals surface area contributed by atoms with Crippen LogP contribution in [0.4, 0.5) is 9.52 Å². The number of anilines is 1. The first-order valence-electron chi connectivity index (χ1n) is 7.58. The van der Waals surface area contributed by atoms with E-state index >= 15 is 0 Å². The number of rotatable bonds is 3. The van der Waals surface area contributed by atoms with Gasteiger partial charge in [-0.05, 0) is 24.1 Å². The van der Waals surface area contributed by atoms with Crippen LogP contribution in [0.3, 0.4) is 0 Å². The first kappa shape index (κ1) is 15.7. The normalized spacial score (nSPS) is 16.0. The molecule has 0 atom stereocenters. The summed E-state index contributed by atoms with van der Waals surface area (Å²) in [5.74, 6) is 0.356. The molecule has 5 nitrogen and oxygen atoms in total. The second kappa shape index (κ2) is 6.95. The van der Waals surface area contributed by atoms with E-state index in [9.17, 15) is 4.39 Å². The van der Waals surface area contributed by atoms with Crippen molar-refractivity contribution in [3.05, 3.63) is 46.7 Å². The number of nitrogens with zero attached hydrogens (tertiary/aromatic N) is 4. The Labute approximate surface area is 139 Å². The smallest absolute Gasteiger partial charge is 0.191 e. The van der Waals surface area contributed by atoms with E-state index in [-0.39, 0.29) is 5.82 Å². The summed E-state index contributed by atoms with van der Waals surface area (Å²) < 4.78 is 13.3. The summed E-state index contributed by atoms with van der Waals surface area (Å²) in [4.78, 5) is 13.1. The minimum Gasteiger partial charge on any atom is -0.370 e. The molecule has 1 aromatic carbocycles. The third-order valence-electron chi connectivity index (χ3n) is 3.94. The number of hydrogen-bond acceptors (Lipinski definition) is 4. The summed E-state index contributed by atoms with van der Waals surface area (Å²) in [7, 11) is 0. The van der Waals surface area contributed by atoms with Gasteiger partial charge in [-0.15, -0.1) is 11.3 Å². The molecule has 0 bridgehead atoms. The minimum atomic E-state index is -0.191. The number of guanidine groups is 1. The van der Waals surface area contributed by atoms with Crippen LogP contribution in [0.15, 0.2) is 34.8 Å². The monoisotopic (exact) mass is 333 g/mol. The summed E-state index contributed by atoms with van der Waals surface area (Å²) in [6.45, 7) is 5.66. The Hall–Kier alpha value is -2.15. The molecule has 3 rings (SSSR count). The van der Waals surface area contributed by atoms with Crippen molar-refractivity contribution in [3.8, 4) is 0 Å². The molecule has 1 aromatic heterocycles. The zero-order valence-electron chi connectivity index (χ0n) is 13.1. The molecular weight excluding hydrogens is 313 g/mol. The molecule has 0 radical (unpaired) electrons. The van der Waals surface area contributed by atoms with Gasteiger partial charge in [0.15, 0.2) is 11.1 Å². The Balaban J connectivity index is 1.56. The highest BCUT2D eigenvalue weighted by atomic mass is 32.1. The molecule has 0 aliphatic carbocycles. The maximum Gasteiger partial charge on any atom is 0.191 e. The van der Waals surface area contributed by atoms with E-state index < -0.39 is 0 Å². The Kier molecular flexibility index (Phi) is 4.76. The molecule has 2 N–H and O–H groups in total. The molecule has 122 valence electrons. The third kappa shape index (κ3) is 3.79. The summed E-state index contributed by atoms with van der Waals surface area (Å²) in [5.41, 5.74) is 7.70. The van der Waals surface area contributed by atoms with Gasteiger partial charge in [0.05, 0.1) is 6.54 Å². The largest absolute Gasteiger partial charge is 0.370 e. The van der Waals surface area contributed by atoms with E-state index in [0.29, 0.717) is 18.1 Å². The number of benzene rings is 1. The average molecular weight is 333 g/mol. The van der Waals surface area contributed by atoms with Crippen LogP contribution >= 0.6 is 11.3 Å². The molecule has 7 heteroatoms. The van der Waals surface area contributed by atoms with Gasteiger partial charge in [0.2, 0.25) is 0 Å². The van der Waals surface area contributed by atoms with Crippen LogP contribution in [0.5, 0.6) is 0 Å². The highest BCUT2D eigenvalue weighted by molar-refractivity contribution is 7.13. The van der Waals surface area contributed by atoms with Crippen LogP contribution in [0.1, 0.15) is 11.1 Å². The van der Waals surface area contributed by atoms with E-state index in [2.05, 4.69) is 19.8 Å². The van der Waals surface area contributed by atoms with Gasteiger partial charge >= 0.3 is 0 Å². The van der Waals surface area contributed by atoms with E-state index in [0.717, 1.165) is 36.9 Å². The van der Waals surface area contributed by atoms with Gasteiger partial charge in [-0.3, -0.25) is 0 Å². The summed E-state index contributed by atoms with van der Waals surface area (Å²) in [6, 6.07) is 5.04. The van der Waals surface area contributed by atoms with Crippen LogP contribution in [0.2, 0.25) is 0 Å². The Morgan fingerprint density at radius 3 is 2.78 bits per heavy atom. The topological polar surface area (TPSA) is 57.8 Å². The lowest BCUT2D eigenvalue weighted by Crippen LogP contribution is -2.51. The Morgan fingerprint density at radius 2 is 2.13 bits per heavy atom. The van der Waals surface area contributed by atoms with Crippen molar-refractivity contribution in [3.63, 3.8) is 0 Å². The lowest BCUT2D eigenvalue weighted by Gasteiger charge is -2.35. The zero-order chi connectivity index (χ0) is 16.2. The standard InChI is InChI=1S/C16H20FN5S/c1-12-10-13(2-3-14(12)17)11-20-15(18)21-5-7-22(8-6-21)16-19-4-9-23-16/h2-4,9-10H,5-8,11H2,1H3,(H2,18,20). The molecule has 0 spiro atoms. The number of nitrogens with two attached hydrogens (primary N) is 1. The van der Waals surface area contributed by atoms with Crippen molar-refractivity contribution in [2.45, 2.75) is 13.5 Å². The number of aromatic nitrogens is 1. The van der Waals surface area contributed by atoms with Crippen LogP contribution in [0.25, 0.3) is 0 Å². The van der Waals surface area contributed by atoms with Gasteiger partial charge in [0, 0.05) is 37.8 Å². The molecule has 1 aliphatic rings. The minimum absolute atomic E-state index is 0.191. The fraction of sp³-hybridized carbons (Fsp3) is 0.375. The zero-order valence-corrected chi connectivity index (χ0v) is 13.9. The first-order chi connectivity index (χ1) is 11.1. The molecule has 0 saturated carbocycles. The number of thiazole rings is 1. The van der Waals surface area contributed by atoms with Crippen LogP contribution in [-0.4, -0.2) is 42.0 Å². The quantitative estimate of drug-likeness (QED) is 0.691. The van der Waals surface area contributed by atoms with Crippen molar-refractivity contribution in [1.29, 1.82) is 0 Å². The summed E-state index contributed by atoms with van der Waals surface area (Å²) >= 11 is 1.65.